The molecule has 1 atom stereocenters. The Bertz CT molecular complexity index is 559. The van der Waals surface area contributed by atoms with Gasteiger partial charge in [-0.1, -0.05) is 0 Å². The number of aliphatic hydroxyl groups excluding tert-OH is 1. The monoisotopic (exact) mass is 298 g/mol. The number of hydrogen-bond acceptors (Lipinski definition) is 6. The van der Waals surface area contributed by atoms with Gasteiger partial charge in [0.25, 0.3) is 11.6 Å². The fourth-order valence-corrected chi connectivity index (χ4v) is 1.61. The molecule has 1 unspecified atom stereocenters. The standard InChI is InChI=1S/C12H14N2O7/c1-21-10-3-2-7(14(19)20)6-8(10)11(16)13-9(4-5-15)12(17)18/h2-3,6,9,15H,4-5H2,1H3,(H,13,16)(H,17,18). The molecule has 0 radical (unpaired) electrons. The van der Waals surface area contributed by atoms with Crippen LogP contribution >= 0.6 is 0 Å². The Morgan fingerprint density at radius 1 is 1.48 bits per heavy atom. The van der Waals surface area contributed by atoms with Crippen LogP contribution < -0.4 is 10.1 Å². The quantitative estimate of drug-likeness (QED) is 0.481. The van der Waals surface area contributed by atoms with Crippen LogP contribution in [0.2, 0.25) is 0 Å². The molecule has 9 heteroatoms. The number of ether oxygens (including phenoxy) is 1. The van der Waals surface area contributed by atoms with Crippen molar-refractivity contribution < 1.29 is 29.5 Å². The van der Waals surface area contributed by atoms with E-state index in [0.717, 1.165) is 12.1 Å². The molecule has 114 valence electrons. The number of nitro benzene ring substituents is 1. The second kappa shape index (κ2) is 7.20. The van der Waals surface area contributed by atoms with Crippen LogP contribution in [0.3, 0.4) is 0 Å². The molecule has 0 fully saturated rings. The van der Waals surface area contributed by atoms with Crippen LogP contribution in [0, 0.1) is 10.1 Å². The second-order valence-corrected chi connectivity index (χ2v) is 4.02. The van der Waals surface area contributed by atoms with Crippen LogP contribution in [0.5, 0.6) is 5.75 Å². The summed E-state index contributed by atoms with van der Waals surface area (Å²) < 4.78 is 4.92. The summed E-state index contributed by atoms with van der Waals surface area (Å²) in [6.07, 6.45) is -0.182. The lowest BCUT2D eigenvalue weighted by Crippen LogP contribution is -2.41. The van der Waals surface area contributed by atoms with Gasteiger partial charge in [-0.3, -0.25) is 14.9 Å². The van der Waals surface area contributed by atoms with Gasteiger partial charge in [-0.05, 0) is 6.07 Å². The zero-order chi connectivity index (χ0) is 16.0. The van der Waals surface area contributed by atoms with Crippen molar-refractivity contribution in [2.75, 3.05) is 13.7 Å². The molecule has 1 aromatic rings. The molecule has 21 heavy (non-hydrogen) atoms. The number of carboxylic acid groups (broad SMARTS) is 1. The number of carboxylic acids is 1. The fraction of sp³-hybridized carbons (Fsp3) is 0.333. The SMILES string of the molecule is COc1ccc([N+](=O)[O-])cc1C(=O)NC(CCO)C(=O)O. The Labute approximate surface area is 119 Å². The number of aliphatic hydroxyl groups is 1. The molecule has 0 aliphatic rings. The van der Waals surface area contributed by atoms with Crippen molar-refractivity contribution in [2.45, 2.75) is 12.5 Å². The van der Waals surface area contributed by atoms with Gasteiger partial charge in [0.2, 0.25) is 0 Å². The third-order valence-corrected chi connectivity index (χ3v) is 2.66. The number of rotatable bonds is 7. The number of nitro groups is 1. The Hall–Kier alpha value is -2.68. The number of aliphatic carboxylic acids is 1. The van der Waals surface area contributed by atoms with Crippen molar-refractivity contribution in [3.8, 4) is 5.75 Å². The van der Waals surface area contributed by atoms with Gasteiger partial charge in [-0.2, -0.15) is 0 Å². The van der Waals surface area contributed by atoms with Crippen LogP contribution in [-0.2, 0) is 4.79 Å². The molecule has 1 rings (SSSR count). The van der Waals surface area contributed by atoms with Crippen molar-refractivity contribution in [1.29, 1.82) is 0 Å². The molecule has 0 spiro atoms. The van der Waals surface area contributed by atoms with Crippen LogP contribution in [-0.4, -0.2) is 46.8 Å². The number of methoxy groups -OCH3 is 1. The summed E-state index contributed by atoms with van der Waals surface area (Å²) >= 11 is 0. The number of benzene rings is 1. The third-order valence-electron chi connectivity index (χ3n) is 2.66. The average Bonchev–Trinajstić information content (AvgIpc) is 2.45. The lowest BCUT2D eigenvalue weighted by molar-refractivity contribution is -0.384. The van der Waals surface area contributed by atoms with Gasteiger partial charge in [0.1, 0.15) is 11.8 Å². The van der Waals surface area contributed by atoms with Crippen molar-refractivity contribution in [3.05, 3.63) is 33.9 Å². The Balaban J connectivity index is 3.07. The van der Waals surface area contributed by atoms with Crippen LogP contribution in [0.4, 0.5) is 5.69 Å². The van der Waals surface area contributed by atoms with E-state index in [9.17, 15) is 19.7 Å². The zero-order valence-corrected chi connectivity index (χ0v) is 11.1. The van der Waals surface area contributed by atoms with Gasteiger partial charge in [0, 0.05) is 25.2 Å². The largest absolute Gasteiger partial charge is 0.496 e. The normalized spacial score (nSPS) is 11.5. The molecule has 0 aromatic heterocycles. The number of carbonyl (C=O) groups is 2. The molecule has 0 aliphatic heterocycles. The summed E-state index contributed by atoms with van der Waals surface area (Å²) in [5.41, 5.74) is -0.481. The molecule has 1 aromatic carbocycles. The summed E-state index contributed by atoms with van der Waals surface area (Å²) in [5, 5.41) is 30.5. The Morgan fingerprint density at radius 3 is 2.62 bits per heavy atom. The first kappa shape index (κ1) is 16.4. The number of carbonyl (C=O) groups excluding carboxylic acids is 1. The molecule has 3 N–H and O–H groups in total. The van der Waals surface area contributed by atoms with Gasteiger partial charge in [0.15, 0.2) is 0 Å². The number of amides is 1. The summed E-state index contributed by atoms with van der Waals surface area (Å²) in [5.74, 6) is -2.08. The minimum Gasteiger partial charge on any atom is -0.496 e. The van der Waals surface area contributed by atoms with Gasteiger partial charge in [-0.25, -0.2) is 4.79 Å². The molecular weight excluding hydrogens is 284 g/mol. The molecule has 0 saturated carbocycles. The van der Waals surface area contributed by atoms with E-state index >= 15 is 0 Å². The van der Waals surface area contributed by atoms with E-state index in [4.69, 9.17) is 14.9 Å². The third kappa shape index (κ3) is 4.14. The van der Waals surface area contributed by atoms with Crippen molar-refractivity contribution in [2.24, 2.45) is 0 Å². The summed E-state index contributed by atoms with van der Waals surface area (Å²) in [6, 6.07) is 2.10. The highest BCUT2D eigenvalue weighted by atomic mass is 16.6. The molecule has 0 heterocycles. The molecule has 0 aliphatic carbocycles. The first-order chi connectivity index (χ1) is 9.90. The zero-order valence-electron chi connectivity index (χ0n) is 11.1. The van der Waals surface area contributed by atoms with Gasteiger partial charge < -0.3 is 20.3 Å². The van der Waals surface area contributed by atoms with E-state index < -0.39 is 29.4 Å². The maximum Gasteiger partial charge on any atom is 0.326 e. The number of nitrogens with one attached hydrogen (secondary N) is 1. The second-order valence-electron chi connectivity index (χ2n) is 4.02. The Kier molecular flexibility index (Phi) is 5.61. The summed E-state index contributed by atoms with van der Waals surface area (Å²) in [6.45, 7) is -0.427. The first-order valence-corrected chi connectivity index (χ1v) is 5.87. The number of hydrogen-bond donors (Lipinski definition) is 3. The van der Waals surface area contributed by atoms with Gasteiger partial charge >= 0.3 is 5.97 Å². The van der Waals surface area contributed by atoms with E-state index in [1.54, 1.807) is 0 Å². The number of non-ortho nitro benzene ring substituents is 1. The lowest BCUT2D eigenvalue weighted by atomic mass is 10.1. The summed E-state index contributed by atoms with van der Waals surface area (Å²) in [4.78, 5) is 33.0. The van der Waals surface area contributed by atoms with Crippen LogP contribution in [0.25, 0.3) is 0 Å². The van der Waals surface area contributed by atoms with Gasteiger partial charge in [0.05, 0.1) is 17.6 Å². The van der Waals surface area contributed by atoms with E-state index in [-0.39, 0.29) is 23.4 Å². The van der Waals surface area contributed by atoms with Gasteiger partial charge in [-0.15, -0.1) is 0 Å². The minimum absolute atomic E-state index is 0.0752. The van der Waals surface area contributed by atoms with Crippen molar-refractivity contribution in [3.63, 3.8) is 0 Å². The van der Waals surface area contributed by atoms with Crippen LogP contribution in [0.15, 0.2) is 18.2 Å². The molecule has 0 saturated heterocycles. The molecule has 9 nitrogen and oxygen atoms in total. The summed E-state index contributed by atoms with van der Waals surface area (Å²) in [7, 11) is 1.28. The topological polar surface area (TPSA) is 139 Å². The maximum atomic E-state index is 12.0. The van der Waals surface area contributed by atoms with E-state index in [2.05, 4.69) is 5.32 Å². The van der Waals surface area contributed by atoms with E-state index in [0.29, 0.717) is 0 Å². The first-order valence-electron chi connectivity index (χ1n) is 5.87. The maximum absolute atomic E-state index is 12.0. The highest BCUT2D eigenvalue weighted by Crippen LogP contribution is 2.24. The molecule has 0 bridgehead atoms. The lowest BCUT2D eigenvalue weighted by Gasteiger charge is -2.14. The predicted octanol–water partition coefficient (Wildman–Crippen LogP) is 0.169. The minimum atomic E-state index is -1.32. The fourth-order valence-electron chi connectivity index (χ4n) is 1.61. The van der Waals surface area contributed by atoms with Crippen LogP contribution in [0.1, 0.15) is 16.8 Å². The van der Waals surface area contributed by atoms with Crippen molar-refractivity contribution in [1.82, 2.24) is 5.32 Å². The van der Waals surface area contributed by atoms with E-state index in [1.807, 2.05) is 0 Å². The highest BCUT2D eigenvalue weighted by Gasteiger charge is 2.23. The van der Waals surface area contributed by atoms with Crippen molar-refractivity contribution >= 4 is 17.6 Å². The Morgan fingerprint density at radius 2 is 2.14 bits per heavy atom. The predicted molar refractivity (Wildman–Crippen MR) is 70.2 cm³/mol. The molecule has 1 amide bonds. The molecular formula is C12H14N2O7. The average molecular weight is 298 g/mol. The smallest absolute Gasteiger partial charge is 0.326 e. The van der Waals surface area contributed by atoms with E-state index in [1.165, 1.54) is 13.2 Å². The number of nitrogens with zero attached hydrogens (tertiary/aromatic N) is 1. The highest BCUT2D eigenvalue weighted by molar-refractivity contribution is 5.99.